The summed E-state index contributed by atoms with van der Waals surface area (Å²) in [5.41, 5.74) is 0. The van der Waals surface area contributed by atoms with Crippen molar-refractivity contribution < 1.29 is 0 Å². The van der Waals surface area contributed by atoms with Gasteiger partial charge in [-0.2, -0.15) is 0 Å². The van der Waals surface area contributed by atoms with Crippen LogP contribution in [0.2, 0.25) is 0 Å². The van der Waals surface area contributed by atoms with Gasteiger partial charge in [-0.3, -0.25) is 0 Å². The van der Waals surface area contributed by atoms with Crippen LogP contribution in [0, 0.1) is 11.8 Å². The first-order chi connectivity index (χ1) is 5.20. The molecule has 1 nitrogen and oxygen atoms in total. The highest BCUT2D eigenvalue weighted by Crippen LogP contribution is 2.35. The first-order valence-electron chi connectivity index (χ1n) is 4.24. The van der Waals surface area contributed by atoms with Crippen LogP contribution in [0.25, 0.3) is 0 Å². The Morgan fingerprint density at radius 1 is 1.73 bits per heavy atom. The lowest BCUT2D eigenvalue weighted by Crippen LogP contribution is -2.23. The molecule has 1 saturated carbocycles. The van der Waals surface area contributed by atoms with Crippen LogP contribution in [0.4, 0.5) is 0 Å². The lowest BCUT2D eigenvalue weighted by Gasteiger charge is -2.09. The molecule has 0 aliphatic heterocycles. The van der Waals surface area contributed by atoms with E-state index in [9.17, 15) is 0 Å². The van der Waals surface area contributed by atoms with Crippen LogP contribution in [0.1, 0.15) is 19.8 Å². The third-order valence-electron chi connectivity index (χ3n) is 2.21. The summed E-state index contributed by atoms with van der Waals surface area (Å²) in [6.07, 6.45) is 2.84. The van der Waals surface area contributed by atoms with E-state index in [2.05, 4.69) is 18.8 Å². The molecule has 64 valence electrons. The second-order valence-electron chi connectivity index (χ2n) is 3.46. The number of rotatable bonds is 5. The van der Waals surface area contributed by atoms with Crippen molar-refractivity contribution in [3.8, 4) is 0 Å². The molecule has 11 heavy (non-hydrogen) atoms. The van der Waals surface area contributed by atoms with Crippen molar-refractivity contribution >= 4 is 11.6 Å². The molecule has 0 radical (unpaired) electrons. The molecule has 1 aliphatic rings. The molecule has 1 rings (SSSR count). The smallest absolute Gasteiger partial charge is 0.0307 e. The van der Waals surface area contributed by atoms with E-state index < -0.39 is 0 Å². The lowest BCUT2D eigenvalue weighted by molar-refractivity contribution is 0.474. The molecule has 0 bridgehead atoms. The Bertz CT molecular complexity index is 140. The summed E-state index contributed by atoms with van der Waals surface area (Å²) >= 11 is 5.60. The summed E-state index contributed by atoms with van der Waals surface area (Å²) in [5.74, 6) is 1.79. The van der Waals surface area contributed by atoms with Crippen molar-refractivity contribution in [2.24, 2.45) is 11.8 Å². The largest absolute Gasteiger partial charge is 0.312 e. The van der Waals surface area contributed by atoms with Gasteiger partial charge in [0.05, 0.1) is 0 Å². The maximum Gasteiger partial charge on any atom is 0.0307 e. The molecule has 2 heteroatoms. The minimum Gasteiger partial charge on any atom is -0.312 e. The van der Waals surface area contributed by atoms with Gasteiger partial charge in [0.15, 0.2) is 0 Å². The van der Waals surface area contributed by atoms with Crippen molar-refractivity contribution in [3.05, 3.63) is 11.6 Å². The first kappa shape index (κ1) is 9.08. The van der Waals surface area contributed by atoms with Crippen LogP contribution in [-0.4, -0.2) is 13.1 Å². The molecular formula is C9H16ClN. The van der Waals surface area contributed by atoms with Gasteiger partial charge in [0.25, 0.3) is 0 Å². The summed E-state index contributed by atoms with van der Waals surface area (Å²) in [6, 6.07) is 0. The van der Waals surface area contributed by atoms with E-state index in [1.807, 2.05) is 0 Å². The Balaban J connectivity index is 1.97. The average Bonchev–Trinajstić information content (AvgIpc) is 2.66. The van der Waals surface area contributed by atoms with E-state index in [1.54, 1.807) is 0 Å². The molecule has 1 fully saturated rings. The fourth-order valence-corrected chi connectivity index (χ4v) is 1.36. The second-order valence-corrected chi connectivity index (χ2v) is 4.00. The third-order valence-corrected chi connectivity index (χ3v) is 2.34. The van der Waals surface area contributed by atoms with E-state index >= 15 is 0 Å². The Hall–Kier alpha value is -0.0100. The van der Waals surface area contributed by atoms with Crippen molar-refractivity contribution in [2.45, 2.75) is 19.8 Å². The number of nitrogens with one attached hydrogen (secondary N) is 1. The number of hydrogen-bond acceptors (Lipinski definition) is 1. The monoisotopic (exact) mass is 173 g/mol. The van der Waals surface area contributed by atoms with Crippen LogP contribution >= 0.6 is 11.6 Å². The van der Waals surface area contributed by atoms with Gasteiger partial charge < -0.3 is 5.32 Å². The second kappa shape index (κ2) is 4.13. The molecule has 1 N–H and O–H groups in total. The zero-order chi connectivity index (χ0) is 8.27. The highest BCUT2D eigenvalue weighted by molar-refractivity contribution is 6.29. The molecule has 1 atom stereocenters. The fraction of sp³-hybridized carbons (Fsp3) is 0.778. The Morgan fingerprint density at radius 2 is 2.36 bits per heavy atom. The molecule has 0 aromatic rings. The molecule has 1 unspecified atom stereocenters. The van der Waals surface area contributed by atoms with E-state index in [4.69, 9.17) is 11.6 Å². The summed E-state index contributed by atoms with van der Waals surface area (Å²) in [7, 11) is 0. The third kappa shape index (κ3) is 3.78. The Morgan fingerprint density at radius 3 is 2.82 bits per heavy atom. The van der Waals surface area contributed by atoms with Gasteiger partial charge in [-0.25, -0.2) is 0 Å². The maximum atomic E-state index is 5.60. The fourth-order valence-electron chi connectivity index (χ4n) is 1.27. The quantitative estimate of drug-likeness (QED) is 0.673. The van der Waals surface area contributed by atoms with E-state index in [1.165, 1.54) is 12.8 Å². The summed E-state index contributed by atoms with van der Waals surface area (Å²) < 4.78 is 0. The molecule has 0 aromatic heterocycles. The van der Waals surface area contributed by atoms with Crippen LogP contribution in [0.5, 0.6) is 0 Å². The van der Waals surface area contributed by atoms with Gasteiger partial charge in [-0.1, -0.05) is 25.1 Å². The SMILES string of the molecule is C=C(Cl)CNCC(C)C1CC1. The van der Waals surface area contributed by atoms with Crippen molar-refractivity contribution in [1.29, 1.82) is 0 Å². The van der Waals surface area contributed by atoms with Crippen molar-refractivity contribution in [1.82, 2.24) is 5.32 Å². The zero-order valence-electron chi connectivity index (χ0n) is 7.07. The summed E-state index contributed by atoms with van der Waals surface area (Å²) in [5, 5.41) is 3.98. The number of hydrogen-bond donors (Lipinski definition) is 1. The summed E-state index contributed by atoms with van der Waals surface area (Å²) in [4.78, 5) is 0. The zero-order valence-corrected chi connectivity index (χ0v) is 7.82. The topological polar surface area (TPSA) is 12.0 Å². The molecular weight excluding hydrogens is 158 g/mol. The standard InChI is InChI=1S/C9H16ClN/c1-7(9-3-4-9)5-11-6-8(2)10/h7,9,11H,2-6H2,1H3. The van der Waals surface area contributed by atoms with Gasteiger partial charge in [-0.15, -0.1) is 0 Å². The Kier molecular flexibility index (Phi) is 3.41. The van der Waals surface area contributed by atoms with Crippen molar-refractivity contribution in [2.75, 3.05) is 13.1 Å². The normalized spacial score (nSPS) is 19.8. The maximum absolute atomic E-state index is 5.60. The average molecular weight is 174 g/mol. The van der Waals surface area contributed by atoms with E-state index in [-0.39, 0.29) is 0 Å². The van der Waals surface area contributed by atoms with Gasteiger partial charge in [0.1, 0.15) is 0 Å². The lowest BCUT2D eigenvalue weighted by atomic mass is 10.1. The molecule has 0 spiro atoms. The highest BCUT2D eigenvalue weighted by atomic mass is 35.5. The minimum absolute atomic E-state index is 0.702. The van der Waals surface area contributed by atoms with E-state index in [0.717, 1.165) is 24.9 Å². The predicted octanol–water partition coefficient (Wildman–Crippen LogP) is 2.37. The first-order valence-corrected chi connectivity index (χ1v) is 4.62. The van der Waals surface area contributed by atoms with Crippen LogP contribution < -0.4 is 5.32 Å². The number of halogens is 1. The van der Waals surface area contributed by atoms with Gasteiger partial charge in [-0.05, 0) is 31.2 Å². The summed E-state index contributed by atoms with van der Waals surface area (Å²) in [6.45, 7) is 7.74. The van der Waals surface area contributed by atoms with Crippen LogP contribution in [-0.2, 0) is 0 Å². The Labute approximate surface area is 73.8 Å². The van der Waals surface area contributed by atoms with Crippen LogP contribution in [0.15, 0.2) is 11.6 Å². The van der Waals surface area contributed by atoms with Gasteiger partial charge >= 0.3 is 0 Å². The molecule has 0 amide bonds. The molecule has 1 aliphatic carbocycles. The molecule has 0 heterocycles. The molecule has 0 aromatic carbocycles. The highest BCUT2D eigenvalue weighted by Gasteiger charge is 2.27. The minimum atomic E-state index is 0.702. The van der Waals surface area contributed by atoms with Crippen LogP contribution in [0.3, 0.4) is 0 Å². The van der Waals surface area contributed by atoms with Gasteiger partial charge in [0.2, 0.25) is 0 Å². The van der Waals surface area contributed by atoms with Gasteiger partial charge in [0, 0.05) is 11.6 Å². The predicted molar refractivity (Wildman–Crippen MR) is 49.8 cm³/mol. The van der Waals surface area contributed by atoms with E-state index in [0.29, 0.717) is 5.03 Å². The molecule has 0 saturated heterocycles. The van der Waals surface area contributed by atoms with Crippen molar-refractivity contribution in [3.63, 3.8) is 0 Å².